The number of carbonyl (C=O) groups excluding carboxylic acids is 2. The molecule has 1 atom stereocenters. The summed E-state index contributed by atoms with van der Waals surface area (Å²) in [5, 5.41) is 13.4. The molecule has 3 rings (SSSR count). The fourth-order valence-electron chi connectivity index (χ4n) is 4.14. The second kappa shape index (κ2) is 7.56. The number of piperidine rings is 2. The van der Waals surface area contributed by atoms with Crippen LogP contribution in [0.1, 0.15) is 37.7 Å². The van der Waals surface area contributed by atoms with Gasteiger partial charge in [0.1, 0.15) is 0 Å². The Morgan fingerprint density at radius 3 is 2.88 bits per heavy atom. The first-order valence-corrected chi connectivity index (χ1v) is 9.17. The van der Waals surface area contributed by atoms with Crippen molar-refractivity contribution >= 4 is 11.8 Å². The minimum Gasteiger partial charge on any atom is -0.395 e. The van der Waals surface area contributed by atoms with Gasteiger partial charge in [-0.25, -0.2) is 0 Å². The van der Waals surface area contributed by atoms with Gasteiger partial charge in [0.15, 0.2) is 0 Å². The summed E-state index contributed by atoms with van der Waals surface area (Å²) in [6.07, 6.45) is 7.60. The van der Waals surface area contributed by atoms with Gasteiger partial charge in [-0.1, -0.05) is 0 Å². The number of aliphatic hydroxyl groups is 1. The normalized spacial score (nSPS) is 24.2. The Hall–Kier alpha value is -1.89. The number of β-amino-alcohol motifs (C(OH)–C–C–N with tert-alkyl or cyclic N) is 1. The Kier molecular flexibility index (Phi) is 5.42. The first kappa shape index (κ1) is 17.9. The molecule has 1 aromatic rings. The van der Waals surface area contributed by atoms with Crippen LogP contribution in [0.2, 0.25) is 0 Å². The van der Waals surface area contributed by atoms with Crippen molar-refractivity contribution in [3.63, 3.8) is 0 Å². The molecule has 7 nitrogen and oxygen atoms in total. The third-order valence-electron chi connectivity index (χ3n) is 5.45. The number of hydrogen-bond donors (Lipinski definition) is 1. The van der Waals surface area contributed by atoms with E-state index in [1.807, 2.05) is 22.7 Å². The van der Waals surface area contributed by atoms with E-state index in [1.165, 1.54) is 0 Å². The zero-order valence-electron chi connectivity index (χ0n) is 15.0. The van der Waals surface area contributed by atoms with Gasteiger partial charge in [-0.2, -0.15) is 5.10 Å². The van der Waals surface area contributed by atoms with Gasteiger partial charge in [-0.05, 0) is 31.7 Å². The standard InChI is InChI=1S/C18H28N4O3/c1-15-11-19-22(12-15)8-4-17(25)20-7-2-5-18(13-20)6-3-16(24)21(14-18)9-10-23/h11-12,23H,2-10,13-14H2,1H3/t18-/m0/s1. The minimum absolute atomic E-state index is 0.000716. The van der Waals surface area contributed by atoms with E-state index in [0.29, 0.717) is 32.5 Å². The van der Waals surface area contributed by atoms with Crippen molar-refractivity contribution in [2.75, 3.05) is 32.8 Å². The quantitative estimate of drug-likeness (QED) is 0.854. The minimum atomic E-state index is -0.00620. The molecule has 0 saturated carbocycles. The lowest BCUT2D eigenvalue weighted by atomic mass is 9.73. The Bertz CT molecular complexity index is 630. The highest BCUT2D eigenvalue weighted by Crippen LogP contribution is 2.38. The Morgan fingerprint density at radius 1 is 1.32 bits per heavy atom. The lowest BCUT2D eigenvalue weighted by molar-refractivity contribution is -0.143. The zero-order chi connectivity index (χ0) is 17.9. The van der Waals surface area contributed by atoms with Crippen LogP contribution in [-0.4, -0.2) is 69.3 Å². The summed E-state index contributed by atoms with van der Waals surface area (Å²) in [6, 6.07) is 0. The van der Waals surface area contributed by atoms with Gasteiger partial charge >= 0.3 is 0 Å². The van der Waals surface area contributed by atoms with E-state index >= 15 is 0 Å². The molecule has 0 radical (unpaired) electrons. The van der Waals surface area contributed by atoms with E-state index in [1.54, 1.807) is 11.1 Å². The van der Waals surface area contributed by atoms with E-state index in [-0.39, 0.29) is 23.8 Å². The third-order valence-corrected chi connectivity index (χ3v) is 5.45. The number of amides is 2. The number of aliphatic hydroxyl groups excluding tert-OH is 1. The summed E-state index contributed by atoms with van der Waals surface area (Å²) >= 11 is 0. The van der Waals surface area contributed by atoms with Crippen LogP contribution in [0.5, 0.6) is 0 Å². The molecule has 0 aliphatic carbocycles. The second-order valence-corrected chi connectivity index (χ2v) is 7.49. The number of carbonyl (C=O) groups is 2. The van der Waals surface area contributed by atoms with E-state index in [9.17, 15) is 14.7 Å². The molecule has 2 amide bonds. The number of hydrogen-bond acceptors (Lipinski definition) is 4. The molecule has 1 aromatic heterocycles. The fraction of sp³-hybridized carbons (Fsp3) is 0.722. The number of likely N-dealkylation sites (tertiary alicyclic amines) is 2. The highest BCUT2D eigenvalue weighted by molar-refractivity contribution is 5.78. The summed E-state index contributed by atoms with van der Waals surface area (Å²) in [5.41, 5.74) is 1.10. The maximum absolute atomic E-state index is 12.6. The molecule has 2 fully saturated rings. The third kappa shape index (κ3) is 4.21. The van der Waals surface area contributed by atoms with Crippen molar-refractivity contribution in [3.05, 3.63) is 18.0 Å². The molecule has 1 N–H and O–H groups in total. The lowest BCUT2D eigenvalue weighted by Gasteiger charge is -2.48. The molecule has 7 heteroatoms. The first-order chi connectivity index (χ1) is 12.0. The maximum Gasteiger partial charge on any atom is 0.224 e. The molecule has 2 saturated heterocycles. The van der Waals surface area contributed by atoms with Gasteiger partial charge in [0.2, 0.25) is 11.8 Å². The highest BCUT2D eigenvalue weighted by atomic mass is 16.3. The SMILES string of the molecule is Cc1cnn(CCC(=O)N2CCC[C@]3(CCC(=O)N(CCO)C3)C2)c1. The molecule has 2 aliphatic rings. The first-order valence-electron chi connectivity index (χ1n) is 9.17. The summed E-state index contributed by atoms with van der Waals surface area (Å²) in [5.74, 6) is 0.287. The van der Waals surface area contributed by atoms with Crippen molar-refractivity contribution in [2.24, 2.45) is 5.41 Å². The zero-order valence-corrected chi connectivity index (χ0v) is 15.0. The molecule has 0 aromatic carbocycles. The monoisotopic (exact) mass is 348 g/mol. The number of rotatable bonds is 5. The molecule has 1 spiro atoms. The topological polar surface area (TPSA) is 78.7 Å². The van der Waals surface area contributed by atoms with Gasteiger partial charge in [-0.3, -0.25) is 14.3 Å². The molecule has 3 heterocycles. The van der Waals surface area contributed by atoms with Crippen LogP contribution in [0.25, 0.3) is 0 Å². The average Bonchev–Trinajstić information content (AvgIpc) is 3.02. The van der Waals surface area contributed by atoms with Crippen LogP contribution in [0, 0.1) is 12.3 Å². The smallest absolute Gasteiger partial charge is 0.224 e. The lowest BCUT2D eigenvalue weighted by Crippen LogP contribution is -2.55. The van der Waals surface area contributed by atoms with Gasteiger partial charge in [0.05, 0.1) is 12.8 Å². The largest absolute Gasteiger partial charge is 0.395 e. The molecule has 0 unspecified atom stereocenters. The summed E-state index contributed by atoms with van der Waals surface area (Å²) in [7, 11) is 0. The van der Waals surface area contributed by atoms with Crippen LogP contribution < -0.4 is 0 Å². The Balaban J connectivity index is 1.58. The van der Waals surface area contributed by atoms with Crippen molar-refractivity contribution in [1.29, 1.82) is 0 Å². The van der Waals surface area contributed by atoms with E-state index in [0.717, 1.165) is 37.9 Å². The van der Waals surface area contributed by atoms with Crippen LogP contribution in [0.4, 0.5) is 0 Å². The van der Waals surface area contributed by atoms with Gasteiger partial charge in [0, 0.05) is 57.2 Å². The number of aromatic nitrogens is 2. The molecular formula is C18H28N4O3. The Morgan fingerprint density at radius 2 is 2.16 bits per heavy atom. The molecule has 2 aliphatic heterocycles. The fourth-order valence-corrected chi connectivity index (χ4v) is 4.14. The summed E-state index contributed by atoms with van der Waals surface area (Å²) in [4.78, 5) is 28.4. The van der Waals surface area contributed by atoms with Crippen LogP contribution in [0.15, 0.2) is 12.4 Å². The van der Waals surface area contributed by atoms with Crippen molar-refractivity contribution in [3.8, 4) is 0 Å². The maximum atomic E-state index is 12.6. The van der Waals surface area contributed by atoms with E-state index in [2.05, 4.69) is 5.10 Å². The van der Waals surface area contributed by atoms with Crippen molar-refractivity contribution in [1.82, 2.24) is 19.6 Å². The number of aryl methyl sites for hydroxylation is 2. The van der Waals surface area contributed by atoms with Gasteiger partial charge in [0.25, 0.3) is 0 Å². The van der Waals surface area contributed by atoms with Gasteiger partial charge < -0.3 is 14.9 Å². The van der Waals surface area contributed by atoms with Crippen LogP contribution in [-0.2, 0) is 16.1 Å². The predicted octanol–water partition coefficient (Wildman–Crippen LogP) is 0.805. The van der Waals surface area contributed by atoms with E-state index < -0.39 is 0 Å². The highest BCUT2D eigenvalue weighted by Gasteiger charge is 2.42. The van der Waals surface area contributed by atoms with Gasteiger partial charge in [-0.15, -0.1) is 0 Å². The van der Waals surface area contributed by atoms with Crippen molar-refractivity contribution in [2.45, 2.75) is 45.6 Å². The van der Waals surface area contributed by atoms with Crippen LogP contribution in [0.3, 0.4) is 0 Å². The second-order valence-electron chi connectivity index (χ2n) is 7.49. The summed E-state index contributed by atoms with van der Waals surface area (Å²) in [6.45, 7) is 5.16. The van der Waals surface area contributed by atoms with E-state index in [4.69, 9.17) is 0 Å². The molecule has 25 heavy (non-hydrogen) atoms. The number of nitrogens with zero attached hydrogens (tertiary/aromatic N) is 4. The van der Waals surface area contributed by atoms with Crippen LogP contribution >= 0.6 is 0 Å². The summed E-state index contributed by atoms with van der Waals surface area (Å²) < 4.78 is 1.81. The Labute approximate surface area is 148 Å². The predicted molar refractivity (Wildman–Crippen MR) is 92.7 cm³/mol. The van der Waals surface area contributed by atoms with Crippen molar-refractivity contribution < 1.29 is 14.7 Å². The molecular weight excluding hydrogens is 320 g/mol. The average molecular weight is 348 g/mol. The molecule has 138 valence electrons. The molecule has 0 bridgehead atoms.